The molecule has 8 heteroatoms. The zero-order chi connectivity index (χ0) is 0. The molecule has 0 spiro atoms. The molecular formula is F6GaPt-2. The SMILES string of the molecule is [F-].[F-].[F-].[F-].[F-].[F-].[Ga].[Pt+4]. The van der Waals surface area contributed by atoms with Crippen LogP contribution in [0.25, 0.3) is 0 Å². The van der Waals surface area contributed by atoms with E-state index in [0.29, 0.717) is 0 Å². The Kier molecular flexibility index (Phi) is 39100. The molecule has 57 valence electrons. The van der Waals surface area contributed by atoms with E-state index in [9.17, 15) is 0 Å². The summed E-state index contributed by atoms with van der Waals surface area (Å²) in [4.78, 5) is 0. The molecule has 0 bridgehead atoms. The van der Waals surface area contributed by atoms with Gasteiger partial charge < -0.3 is 28.2 Å². The van der Waals surface area contributed by atoms with Crippen molar-refractivity contribution in [3.05, 3.63) is 0 Å². The van der Waals surface area contributed by atoms with Gasteiger partial charge in [0, 0.05) is 19.8 Å². The quantitative estimate of drug-likeness (QED) is 0.290. The van der Waals surface area contributed by atoms with E-state index in [1.54, 1.807) is 0 Å². The molecule has 0 saturated carbocycles. The molecule has 0 heterocycles. The Balaban J connectivity index is 0. The summed E-state index contributed by atoms with van der Waals surface area (Å²) in [7, 11) is 0. The van der Waals surface area contributed by atoms with Crippen molar-refractivity contribution in [1.29, 1.82) is 0 Å². The van der Waals surface area contributed by atoms with Gasteiger partial charge in [0.15, 0.2) is 0 Å². The van der Waals surface area contributed by atoms with Crippen LogP contribution in [-0.4, -0.2) is 19.8 Å². The van der Waals surface area contributed by atoms with E-state index >= 15 is 0 Å². The van der Waals surface area contributed by atoms with Gasteiger partial charge in [0.05, 0.1) is 0 Å². The Labute approximate surface area is 69.3 Å². The van der Waals surface area contributed by atoms with E-state index in [4.69, 9.17) is 0 Å². The van der Waals surface area contributed by atoms with Gasteiger partial charge in [-0.2, -0.15) is 0 Å². The zero-order valence-electron chi connectivity index (χ0n) is 3.16. The van der Waals surface area contributed by atoms with Crippen LogP contribution in [0.3, 0.4) is 0 Å². The molecule has 0 unspecified atom stereocenters. The van der Waals surface area contributed by atoms with Crippen molar-refractivity contribution < 1.29 is 49.3 Å². The van der Waals surface area contributed by atoms with Crippen LogP contribution in [-0.2, 0) is 21.1 Å². The van der Waals surface area contributed by atoms with Crippen molar-refractivity contribution in [2.75, 3.05) is 0 Å². The smallest absolute Gasteiger partial charge is 1.00 e. The molecule has 0 amide bonds. The number of halogens is 6. The van der Waals surface area contributed by atoms with E-state index in [-0.39, 0.29) is 69.1 Å². The van der Waals surface area contributed by atoms with Crippen LogP contribution in [0.5, 0.6) is 0 Å². The standard InChI is InChI=1S/6FH.Ga.Pt/h6*1H;;/q;;;;;;;+4/p-6. The van der Waals surface area contributed by atoms with Crippen LogP contribution in [0, 0.1) is 0 Å². The number of hydrogen-bond donors (Lipinski definition) is 0. The number of hydrogen-bond acceptors (Lipinski definition) is 0. The first kappa shape index (κ1) is 680. The molecule has 0 fully saturated rings. The monoisotopic (exact) mass is 378 g/mol. The minimum atomic E-state index is 0. The van der Waals surface area contributed by atoms with E-state index < -0.39 is 0 Å². The fraction of sp³-hybridized carbons (Fsp3) is 0. The summed E-state index contributed by atoms with van der Waals surface area (Å²) in [5.74, 6) is 0. The van der Waals surface area contributed by atoms with Crippen molar-refractivity contribution in [2.45, 2.75) is 0 Å². The minimum absolute atomic E-state index is 0. The van der Waals surface area contributed by atoms with Gasteiger partial charge in [-0.3, -0.25) is 0 Å². The van der Waals surface area contributed by atoms with Gasteiger partial charge in [0.2, 0.25) is 0 Å². The fourth-order valence-corrected chi connectivity index (χ4v) is 0. The van der Waals surface area contributed by atoms with Crippen molar-refractivity contribution in [3.8, 4) is 0 Å². The third-order valence-corrected chi connectivity index (χ3v) is 0. The second-order valence-electron chi connectivity index (χ2n) is 0. The molecule has 0 aliphatic rings. The largest absolute Gasteiger partial charge is 4.00 e. The van der Waals surface area contributed by atoms with E-state index in [2.05, 4.69) is 0 Å². The summed E-state index contributed by atoms with van der Waals surface area (Å²) < 4.78 is 0. The van der Waals surface area contributed by atoms with Crippen LogP contribution >= 0.6 is 0 Å². The van der Waals surface area contributed by atoms with Crippen LogP contribution < -0.4 is 28.2 Å². The van der Waals surface area contributed by atoms with Crippen LogP contribution in [0.15, 0.2) is 0 Å². The van der Waals surface area contributed by atoms with Crippen molar-refractivity contribution >= 4 is 19.8 Å². The maximum absolute atomic E-state index is 0. The Morgan fingerprint density at radius 1 is 0.375 bits per heavy atom. The van der Waals surface area contributed by atoms with Crippen LogP contribution in [0.2, 0.25) is 0 Å². The van der Waals surface area contributed by atoms with Crippen LogP contribution in [0.1, 0.15) is 0 Å². The third-order valence-electron chi connectivity index (χ3n) is 0. The second kappa shape index (κ2) is 460. The summed E-state index contributed by atoms with van der Waals surface area (Å²) in [6.45, 7) is 0. The Hall–Kier alpha value is 0.905. The van der Waals surface area contributed by atoms with E-state index in [0.717, 1.165) is 0 Å². The first-order chi connectivity index (χ1) is 0. The average Bonchev–Trinajstić information content (AvgIpc) is 0. The Morgan fingerprint density at radius 2 is 0.375 bits per heavy atom. The van der Waals surface area contributed by atoms with Crippen molar-refractivity contribution in [3.63, 3.8) is 0 Å². The maximum atomic E-state index is 0. The van der Waals surface area contributed by atoms with Gasteiger partial charge in [-0.05, 0) is 0 Å². The molecule has 0 aromatic rings. The normalized spacial score (nSPS) is 0. The third kappa shape index (κ3) is 294. The van der Waals surface area contributed by atoms with Crippen LogP contribution in [0.4, 0.5) is 0 Å². The summed E-state index contributed by atoms with van der Waals surface area (Å²) in [5.41, 5.74) is 0. The number of rotatable bonds is 0. The summed E-state index contributed by atoms with van der Waals surface area (Å²) in [6.07, 6.45) is 0. The van der Waals surface area contributed by atoms with Gasteiger partial charge in [-0.15, -0.1) is 0 Å². The van der Waals surface area contributed by atoms with Gasteiger partial charge in [0.1, 0.15) is 0 Å². The Bertz CT molecular complexity index is 8.49. The van der Waals surface area contributed by atoms with E-state index in [1.807, 2.05) is 0 Å². The molecule has 0 N–H and O–H groups in total. The van der Waals surface area contributed by atoms with Crippen molar-refractivity contribution in [1.82, 2.24) is 0 Å². The molecule has 0 aliphatic heterocycles. The van der Waals surface area contributed by atoms with E-state index in [1.165, 1.54) is 0 Å². The summed E-state index contributed by atoms with van der Waals surface area (Å²) >= 11 is 0. The van der Waals surface area contributed by atoms with Gasteiger partial charge in [-0.25, -0.2) is 0 Å². The summed E-state index contributed by atoms with van der Waals surface area (Å²) in [6, 6.07) is 0. The minimum Gasteiger partial charge on any atom is -1.00 e. The zero-order valence-corrected chi connectivity index (χ0v) is 7.86. The molecule has 0 aromatic heterocycles. The average molecular weight is 379 g/mol. The van der Waals surface area contributed by atoms with Crippen molar-refractivity contribution in [2.24, 2.45) is 0 Å². The predicted molar refractivity (Wildman–Crippen MR) is 5.75 cm³/mol. The topological polar surface area (TPSA) is 0 Å². The molecular weight excluding hydrogens is 379 g/mol. The second-order valence-corrected chi connectivity index (χ2v) is 0. The first-order valence-electron chi connectivity index (χ1n) is 0. The molecule has 0 atom stereocenters. The predicted octanol–water partition coefficient (Wildman–Crippen LogP) is -18.4. The molecule has 0 rings (SSSR count). The first-order valence-corrected chi connectivity index (χ1v) is 0. The van der Waals surface area contributed by atoms with Gasteiger partial charge in [-0.1, -0.05) is 0 Å². The molecule has 8 heavy (non-hydrogen) atoms. The molecule has 3 radical (unpaired) electrons. The molecule has 0 nitrogen and oxygen atoms in total. The Morgan fingerprint density at radius 3 is 0.375 bits per heavy atom. The maximum Gasteiger partial charge on any atom is 4.00 e. The fourth-order valence-electron chi connectivity index (χ4n) is 0. The summed E-state index contributed by atoms with van der Waals surface area (Å²) in [5, 5.41) is 0. The van der Waals surface area contributed by atoms with Gasteiger partial charge in [0.25, 0.3) is 0 Å². The van der Waals surface area contributed by atoms with Gasteiger partial charge >= 0.3 is 21.1 Å². The molecule has 0 saturated heterocycles. The molecule has 0 aromatic carbocycles. The molecule has 0 aliphatic carbocycles.